The van der Waals surface area contributed by atoms with Crippen molar-refractivity contribution in [1.82, 2.24) is 4.90 Å². The monoisotopic (exact) mass is 446 g/mol. The van der Waals surface area contributed by atoms with Crippen molar-refractivity contribution < 1.29 is 19.4 Å². The number of thioether (sulfide) groups is 1. The van der Waals surface area contributed by atoms with Gasteiger partial charge in [0.05, 0.1) is 17.6 Å². The van der Waals surface area contributed by atoms with Crippen LogP contribution in [0.5, 0.6) is 5.75 Å². The molecule has 1 fully saturated rings. The molecule has 0 saturated carbocycles. The van der Waals surface area contributed by atoms with Gasteiger partial charge >= 0.3 is 5.97 Å². The topological polar surface area (TPSA) is 78.9 Å². The number of ether oxygens (including phenoxy) is 1. The maximum absolute atomic E-state index is 12.7. The summed E-state index contributed by atoms with van der Waals surface area (Å²) in [5, 5.41) is 12.5. The van der Waals surface area contributed by atoms with Crippen molar-refractivity contribution in [1.29, 1.82) is 0 Å². The lowest BCUT2D eigenvalue weighted by molar-refractivity contribution is -0.124. The number of rotatable bonds is 6. The summed E-state index contributed by atoms with van der Waals surface area (Å²) >= 11 is 1.46. The maximum atomic E-state index is 12.7. The highest BCUT2D eigenvalue weighted by molar-refractivity contribution is 8.05. The van der Waals surface area contributed by atoms with E-state index in [2.05, 4.69) is 5.32 Å². The highest BCUT2D eigenvalue weighted by atomic mass is 32.2. The van der Waals surface area contributed by atoms with Gasteiger partial charge in [0.1, 0.15) is 5.75 Å². The summed E-state index contributed by atoms with van der Waals surface area (Å²) < 4.78 is 5.18. The Balaban J connectivity index is 1.49. The van der Waals surface area contributed by atoms with Gasteiger partial charge in [-0.15, -0.1) is 0 Å². The predicted octanol–water partition coefficient (Wildman–Crippen LogP) is 5.00. The number of benzene rings is 3. The lowest BCUT2D eigenvalue weighted by Crippen LogP contribution is -2.33. The summed E-state index contributed by atoms with van der Waals surface area (Å²) in [5.41, 5.74) is 3.59. The van der Waals surface area contributed by atoms with Gasteiger partial charge in [0, 0.05) is 12.7 Å². The fraction of sp³-hybridized carbons (Fsp3) is 0.120. The average Bonchev–Trinajstić information content (AvgIpc) is 3.08. The summed E-state index contributed by atoms with van der Waals surface area (Å²) in [6.45, 7) is 0. The third-order valence-corrected chi connectivity index (χ3v) is 6.36. The number of likely N-dealkylation sites (N-methyl/N-ethyl adjacent to an activating group) is 1. The molecule has 7 heteroatoms. The molecule has 0 aromatic heterocycles. The molecule has 2 N–H and O–H groups in total. The minimum Gasteiger partial charge on any atom is -0.497 e. The molecule has 1 unspecified atom stereocenters. The Bertz CT molecular complexity index is 1170. The molecule has 32 heavy (non-hydrogen) atoms. The Morgan fingerprint density at radius 2 is 1.78 bits per heavy atom. The van der Waals surface area contributed by atoms with Crippen molar-refractivity contribution in [2.24, 2.45) is 0 Å². The van der Waals surface area contributed by atoms with Crippen molar-refractivity contribution in [3.8, 4) is 16.9 Å². The van der Waals surface area contributed by atoms with Crippen LogP contribution in [-0.4, -0.2) is 41.5 Å². The SMILES string of the molecule is COc1ccc(NC2S/C(=C\c3ccc(-c4cccc(C(=O)O)c4)cc3)C(=O)N2C)cc1. The number of amides is 1. The third kappa shape index (κ3) is 4.63. The molecule has 6 nitrogen and oxygen atoms in total. The van der Waals surface area contributed by atoms with Crippen molar-refractivity contribution in [2.45, 2.75) is 5.50 Å². The molecular formula is C25H22N2O4S. The van der Waals surface area contributed by atoms with Crippen LogP contribution in [0.3, 0.4) is 0 Å². The molecule has 4 rings (SSSR count). The van der Waals surface area contributed by atoms with E-state index < -0.39 is 5.97 Å². The summed E-state index contributed by atoms with van der Waals surface area (Å²) in [5.74, 6) is -0.219. The van der Waals surface area contributed by atoms with Gasteiger partial charge in [-0.3, -0.25) is 4.79 Å². The van der Waals surface area contributed by atoms with Gasteiger partial charge in [-0.2, -0.15) is 0 Å². The number of hydrogen-bond acceptors (Lipinski definition) is 5. The number of hydrogen-bond donors (Lipinski definition) is 2. The molecular weight excluding hydrogens is 424 g/mol. The van der Waals surface area contributed by atoms with Gasteiger partial charge < -0.3 is 20.1 Å². The van der Waals surface area contributed by atoms with Crippen LogP contribution in [-0.2, 0) is 4.79 Å². The first kappa shape index (κ1) is 21.5. The standard InChI is InChI=1S/C25H22N2O4S/c1-27-23(28)22(32-25(27)26-20-10-12-21(31-2)13-11-20)14-16-6-8-17(9-7-16)18-4-3-5-19(15-18)24(29)30/h3-15,25-26H,1-2H3,(H,29,30)/b22-14-. The number of carboxylic acid groups (broad SMARTS) is 1. The third-order valence-electron chi connectivity index (χ3n) is 5.15. The number of nitrogens with one attached hydrogen (secondary N) is 1. The Kier molecular flexibility index (Phi) is 6.18. The van der Waals surface area contributed by atoms with Gasteiger partial charge in [0.2, 0.25) is 0 Å². The van der Waals surface area contributed by atoms with Gasteiger partial charge in [-0.25, -0.2) is 4.79 Å². The normalized spacial score (nSPS) is 16.9. The second kappa shape index (κ2) is 9.20. The Morgan fingerprint density at radius 3 is 2.44 bits per heavy atom. The quantitative estimate of drug-likeness (QED) is 0.519. The molecule has 1 saturated heterocycles. The van der Waals surface area contributed by atoms with E-state index in [0.29, 0.717) is 4.91 Å². The second-order valence-corrected chi connectivity index (χ2v) is 8.40. The van der Waals surface area contributed by atoms with Crippen LogP contribution < -0.4 is 10.1 Å². The minimum absolute atomic E-state index is 0.0424. The molecule has 0 bridgehead atoms. The zero-order valence-electron chi connectivity index (χ0n) is 17.6. The smallest absolute Gasteiger partial charge is 0.335 e. The first-order valence-electron chi connectivity index (χ1n) is 9.94. The number of aromatic carboxylic acids is 1. The molecule has 1 aliphatic rings. The molecule has 0 aliphatic carbocycles. The lowest BCUT2D eigenvalue weighted by Gasteiger charge is -2.20. The summed E-state index contributed by atoms with van der Waals surface area (Å²) in [6.07, 6.45) is 1.87. The lowest BCUT2D eigenvalue weighted by atomic mass is 10.0. The zero-order valence-corrected chi connectivity index (χ0v) is 18.4. The number of carboxylic acids is 1. The van der Waals surface area contributed by atoms with Crippen LogP contribution in [0.1, 0.15) is 15.9 Å². The first-order chi connectivity index (χ1) is 15.4. The molecule has 1 atom stereocenters. The van der Waals surface area contributed by atoms with Gasteiger partial charge in [0.25, 0.3) is 5.91 Å². The van der Waals surface area contributed by atoms with E-state index in [1.54, 1.807) is 37.3 Å². The number of nitrogens with zero attached hydrogens (tertiary/aromatic N) is 1. The largest absolute Gasteiger partial charge is 0.497 e. The van der Waals surface area contributed by atoms with Crippen molar-refractivity contribution in [3.05, 3.63) is 88.8 Å². The number of carbonyl (C=O) groups is 2. The highest BCUT2D eigenvalue weighted by Gasteiger charge is 2.33. The van der Waals surface area contributed by atoms with Crippen LogP contribution in [0.25, 0.3) is 17.2 Å². The van der Waals surface area contributed by atoms with E-state index in [0.717, 1.165) is 28.1 Å². The summed E-state index contributed by atoms with van der Waals surface area (Å²) in [7, 11) is 3.40. The zero-order chi connectivity index (χ0) is 22.7. The Morgan fingerprint density at radius 1 is 1.06 bits per heavy atom. The van der Waals surface area contributed by atoms with E-state index in [9.17, 15) is 14.7 Å². The second-order valence-electron chi connectivity index (χ2n) is 7.28. The Hall–Kier alpha value is -3.71. The van der Waals surface area contributed by atoms with E-state index >= 15 is 0 Å². The highest BCUT2D eigenvalue weighted by Crippen LogP contribution is 2.36. The summed E-state index contributed by atoms with van der Waals surface area (Å²) in [4.78, 5) is 26.2. The average molecular weight is 447 g/mol. The fourth-order valence-corrected chi connectivity index (χ4v) is 4.48. The van der Waals surface area contributed by atoms with Crippen LogP contribution >= 0.6 is 11.8 Å². The van der Waals surface area contributed by atoms with E-state index in [1.807, 2.05) is 60.7 Å². The predicted molar refractivity (Wildman–Crippen MR) is 128 cm³/mol. The molecule has 0 radical (unpaired) electrons. The van der Waals surface area contributed by atoms with E-state index in [4.69, 9.17) is 4.74 Å². The van der Waals surface area contributed by atoms with Gasteiger partial charge in [0.15, 0.2) is 5.50 Å². The van der Waals surface area contributed by atoms with Crippen LogP contribution in [0.15, 0.2) is 77.7 Å². The molecule has 162 valence electrons. The van der Waals surface area contributed by atoms with Gasteiger partial charge in [-0.1, -0.05) is 48.2 Å². The van der Waals surface area contributed by atoms with Crippen LogP contribution in [0, 0.1) is 0 Å². The van der Waals surface area contributed by atoms with E-state index in [-0.39, 0.29) is 17.0 Å². The molecule has 3 aromatic rings. The Labute approximate surface area is 190 Å². The van der Waals surface area contributed by atoms with Crippen LogP contribution in [0.4, 0.5) is 5.69 Å². The van der Waals surface area contributed by atoms with E-state index in [1.165, 1.54) is 11.8 Å². The molecule has 0 spiro atoms. The molecule has 1 heterocycles. The minimum atomic E-state index is -0.952. The van der Waals surface area contributed by atoms with Crippen molar-refractivity contribution in [3.63, 3.8) is 0 Å². The van der Waals surface area contributed by atoms with Crippen LogP contribution in [0.2, 0.25) is 0 Å². The number of carbonyl (C=O) groups excluding carboxylic acids is 1. The number of methoxy groups -OCH3 is 1. The molecule has 1 aliphatic heterocycles. The first-order valence-corrected chi connectivity index (χ1v) is 10.8. The van der Waals surface area contributed by atoms with Crippen molar-refractivity contribution in [2.75, 3.05) is 19.5 Å². The number of anilines is 1. The molecule has 1 amide bonds. The maximum Gasteiger partial charge on any atom is 0.335 e. The van der Waals surface area contributed by atoms with Crippen molar-refractivity contribution >= 4 is 35.4 Å². The van der Waals surface area contributed by atoms with Gasteiger partial charge in [-0.05, 0) is 59.2 Å². The summed E-state index contributed by atoms with van der Waals surface area (Å²) in [6, 6.07) is 22.1. The fourth-order valence-electron chi connectivity index (χ4n) is 3.34. The molecule has 3 aromatic carbocycles.